The second kappa shape index (κ2) is 6.39. The Morgan fingerprint density at radius 1 is 1.28 bits per heavy atom. The zero-order chi connectivity index (χ0) is 12.8. The zero-order valence-electron chi connectivity index (χ0n) is 11.0. The van der Waals surface area contributed by atoms with Gasteiger partial charge in [0.25, 0.3) is 0 Å². The summed E-state index contributed by atoms with van der Waals surface area (Å²) in [6.07, 6.45) is 9.78. The van der Waals surface area contributed by atoms with Crippen LogP contribution in [0, 0.1) is 5.92 Å². The minimum atomic E-state index is 0.187. The summed E-state index contributed by atoms with van der Waals surface area (Å²) in [6, 6.07) is 7.98. The molecule has 0 aromatic heterocycles. The Morgan fingerprint density at radius 3 is 2.78 bits per heavy atom. The molecule has 2 nitrogen and oxygen atoms in total. The first kappa shape index (κ1) is 12.9. The maximum Gasteiger partial charge on any atom is 0.227 e. The third-order valence-electron chi connectivity index (χ3n) is 3.49. The van der Waals surface area contributed by atoms with Gasteiger partial charge in [0.05, 0.1) is 0 Å². The summed E-state index contributed by atoms with van der Waals surface area (Å²) in [5, 5.41) is 3.04. The van der Waals surface area contributed by atoms with Gasteiger partial charge in [-0.1, -0.05) is 43.5 Å². The lowest BCUT2D eigenvalue weighted by atomic mass is 9.88. The van der Waals surface area contributed by atoms with Gasteiger partial charge in [-0.25, -0.2) is 0 Å². The number of hydrogen-bond acceptors (Lipinski definition) is 1. The van der Waals surface area contributed by atoms with E-state index in [2.05, 4.69) is 5.32 Å². The van der Waals surface area contributed by atoms with E-state index in [1.54, 1.807) is 0 Å². The molecule has 0 spiro atoms. The average Bonchev–Trinajstić information content (AvgIpc) is 2.40. The Labute approximate surface area is 109 Å². The molecule has 0 aliphatic heterocycles. The van der Waals surface area contributed by atoms with E-state index >= 15 is 0 Å². The third-order valence-corrected chi connectivity index (χ3v) is 3.49. The van der Waals surface area contributed by atoms with Gasteiger partial charge in [-0.15, -0.1) is 0 Å². The van der Waals surface area contributed by atoms with Crippen LogP contribution in [0.25, 0.3) is 6.08 Å². The predicted molar refractivity (Wildman–Crippen MR) is 76.4 cm³/mol. The Kier molecular flexibility index (Phi) is 4.57. The third kappa shape index (κ3) is 3.46. The molecular weight excluding hydrogens is 222 g/mol. The fourth-order valence-electron chi connectivity index (χ4n) is 2.52. The second-order valence-corrected chi connectivity index (χ2v) is 4.95. The molecule has 1 saturated carbocycles. The van der Waals surface area contributed by atoms with Gasteiger partial charge in [-0.2, -0.15) is 0 Å². The van der Waals surface area contributed by atoms with Gasteiger partial charge >= 0.3 is 0 Å². The lowest BCUT2D eigenvalue weighted by Crippen LogP contribution is -2.24. The smallest absolute Gasteiger partial charge is 0.227 e. The normalized spacial score (nSPS) is 16.9. The molecule has 0 saturated heterocycles. The Bertz CT molecular complexity index is 430. The van der Waals surface area contributed by atoms with Crippen molar-refractivity contribution in [1.29, 1.82) is 0 Å². The number of nitrogens with one attached hydrogen (secondary N) is 1. The number of anilines is 1. The molecule has 1 aliphatic rings. The van der Waals surface area contributed by atoms with E-state index in [1.165, 1.54) is 19.3 Å². The van der Waals surface area contributed by atoms with Crippen LogP contribution in [0.5, 0.6) is 0 Å². The molecule has 2 rings (SSSR count). The van der Waals surface area contributed by atoms with Crippen LogP contribution in [0.15, 0.2) is 30.3 Å². The summed E-state index contributed by atoms with van der Waals surface area (Å²) in [5.41, 5.74) is 2.03. The number of carbonyl (C=O) groups excluding carboxylic acids is 1. The molecule has 1 fully saturated rings. The molecule has 2 heteroatoms. The molecular formula is C16H21NO. The van der Waals surface area contributed by atoms with Gasteiger partial charge in [0, 0.05) is 11.6 Å². The lowest BCUT2D eigenvalue weighted by Gasteiger charge is -2.20. The summed E-state index contributed by atoms with van der Waals surface area (Å²) in [7, 11) is 0. The fraction of sp³-hybridized carbons (Fsp3) is 0.438. The van der Waals surface area contributed by atoms with Gasteiger partial charge in [-0.3, -0.25) is 4.79 Å². The fourth-order valence-corrected chi connectivity index (χ4v) is 2.52. The Balaban J connectivity index is 1.99. The molecule has 0 bridgehead atoms. The van der Waals surface area contributed by atoms with Crippen LogP contribution < -0.4 is 5.32 Å². The topological polar surface area (TPSA) is 29.1 Å². The predicted octanol–water partition coefficient (Wildman–Crippen LogP) is 4.24. The van der Waals surface area contributed by atoms with E-state index in [0.29, 0.717) is 0 Å². The van der Waals surface area contributed by atoms with Gasteiger partial charge < -0.3 is 5.32 Å². The van der Waals surface area contributed by atoms with Crippen molar-refractivity contribution < 1.29 is 4.79 Å². The van der Waals surface area contributed by atoms with Crippen molar-refractivity contribution in [2.75, 3.05) is 5.32 Å². The van der Waals surface area contributed by atoms with Gasteiger partial charge in [-0.05, 0) is 37.5 Å². The lowest BCUT2D eigenvalue weighted by molar-refractivity contribution is -0.120. The summed E-state index contributed by atoms with van der Waals surface area (Å²) < 4.78 is 0. The standard InChI is InChI=1S/C16H21NO/c1-2-7-13-8-6-11-15(12-13)17-16(18)14-9-4-3-5-10-14/h2,6-8,11-12,14H,3-5,9-10H2,1H3,(H,17,18)/b7-2+. The maximum absolute atomic E-state index is 12.1. The SMILES string of the molecule is C/C=C/c1cccc(NC(=O)C2CCCCC2)c1. The summed E-state index contributed by atoms with van der Waals surface area (Å²) in [4.78, 5) is 12.1. The molecule has 1 aromatic rings. The minimum absolute atomic E-state index is 0.187. The molecule has 0 heterocycles. The second-order valence-electron chi connectivity index (χ2n) is 4.95. The summed E-state index contributed by atoms with van der Waals surface area (Å²) in [5.74, 6) is 0.399. The number of amides is 1. The van der Waals surface area contributed by atoms with Crippen molar-refractivity contribution in [2.24, 2.45) is 5.92 Å². The summed E-state index contributed by atoms with van der Waals surface area (Å²) in [6.45, 7) is 1.99. The van der Waals surface area contributed by atoms with Gasteiger partial charge in [0.2, 0.25) is 5.91 Å². The van der Waals surface area contributed by atoms with Crippen LogP contribution in [-0.2, 0) is 4.79 Å². The first-order chi connectivity index (χ1) is 8.79. The zero-order valence-corrected chi connectivity index (χ0v) is 11.0. The highest BCUT2D eigenvalue weighted by Crippen LogP contribution is 2.25. The number of rotatable bonds is 3. The highest BCUT2D eigenvalue weighted by molar-refractivity contribution is 5.92. The quantitative estimate of drug-likeness (QED) is 0.845. The Hall–Kier alpha value is -1.57. The van der Waals surface area contributed by atoms with Crippen LogP contribution in [0.1, 0.15) is 44.6 Å². The van der Waals surface area contributed by atoms with E-state index in [0.717, 1.165) is 24.1 Å². The largest absolute Gasteiger partial charge is 0.326 e. The number of benzene rings is 1. The van der Waals surface area contributed by atoms with Crippen molar-refractivity contribution in [1.82, 2.24) is 0 Å². The molecule has 0 atom stereocenters. The first-order valence-corrected chi connectivity index (χ1v) is 6.83. The highest BCUT2D eigenvalue weighted by atomic mass is 16.1. The van der Waals surface area contributed by atoms with E-state index in [1.807, 2.05) is 43.3 Å². The summed E-state index contributed by atoms with van der Waals surface area (Å²) >= 11 is 0. The van der Waals surface area contributed by atoms with Crippen LogP contribution in [0.3, 0.4) is 0 Å². The van der Waals surface area contributed by atoms with Gasteiger partial charge in [0.1, 0.15) is 0 Å². The molecule has 18 heavy (non-hydrogen) atoms. The van der Waals surface area contributed by atoms with E-state index in [-0.39, 0.29) is 11.8 Å². The molecule has 1 amide bonds. The molecule has 0 unspecified atom stereocenters. The molecule has 1 aliphatic carbocycles. The van der Waals surface area contributed by atoms with Crippen LogP contribution in [-0.4, -0.2) is 5.91 Å². The number of carbonyl (C=O) groups is 1. The van der Waals surface area contributed by atoms with Crippen LogP contribution in [0.2, 0.25) is 0 Å². The monoisotopic (exact) mass is 243 g/mol. The van der Waals surface area contributed by atoms with Crippen molar-refractivity contribution in [2.45, 2.75) is 39.0 Å². The van der Waals surface area contributed by atoms with E-state index in [9.17, 15) is 4.79 Å². The van der Waals surface area contributed by atoms with Crippen molar-refractivity contribution in [3.05, 3.63) is 35.9 Å². The van der Waals surface area contributed by atoms with Crippen molar-refractivity contribution >= 4 is 17.7 Å². The van der Waals surface area contributed by atoms with Crippen LogP contribution >= 0.6 is 0 Å². The molecule has 96 valence electrons. The van der Waals surface area contributed by atoms with E-state index in [4.69, 9.17) is 0 Å². The minimum Gasteiger partial charge on any atom is -0.326 e. The average molecular weight is 243 g/mol. The van der Waals surface area contributed by atoms with Crippen LogP contribution in [0.4, 0.5) is 5.69 Å². The van der Waals surface area contributed by atoms with E-state index < -0.39 is 0 Å². The first-order valence-electron chi connectivity index (χ1n) is 6.83. The van der Waals surface area contributed by atoms with Crippen molar-refractivity contribution in [3.8, 4) is 0 Å². The Morgan fingerprint density at radius 2 is 2.06 bits per heavy atom. The molecule has 0 radical (unpaired) electrons. The number of hydrogen-bond donors (Lipinski definition) is 1. The highest BCUT2D eigenvalue weighted by Gasteiger charge is 2.20. The molecule has 1 aromatic carbocycles. The number of allylic oxidation sites excluding steroid dienone is 1. The van der Waals surface area contributed by atoms with Gasteiger partial charge in [0.15, 0.2) is 0 Å². The molecule has 1 N–H and O–H groups in total. The maximum atomic E-state index is 12.1. The van der Waals surface area contributed by atoms with Crippen molar-refractivity contribution in [3.63, 3.8) is 0 Å².